The minimum absolute atomic E-state index is 0. The molecule has 0 atom stereocenters. The van der Waals surface area contributed by atoms with Crippen molar-refractivity contribution in [3.05, 3.63) is 60.8 Å². The largest absolute Gasteiger partial charge is 0.0917 e. The van der Waals surface area contributed by atoms with Gasteiger partial charge in [0.2, 0.25) is 0 Å². The third-order valence-electron chi connectivity index (χ3n) is 2.49. The zero-order valence-corrected chi connectivity index (χ0v) is 13.5. The molecule has 0 heterocycles. The molecule has 0 rings (SSSR count). The molecule has 0 heteroatoms. The van der Waals surface area contributed by atoms with Crippen molar-refractivity contribution < 1.29 is 0 Å². The van der Waals surface area contributed by atoms with Gasteiger partial charge in [-0.25, -0.2) is 0 Å². The highest BCUT2D eigenvalue weighted by atomic mass is 14.0. The first kappa shape index (κ1) is 23.8. The van der Waals surface area contributed by atoms with Crippen LogP contribution in [-0.2, 0) is 0 Å². The molecule has 0 amide bonds. The van der Waals surface area contributed by atoms with Crippen molar-refractivity contribution in [1.29, 1.82) is 0 Å². The predicted octanol–water partition coefficient (Wildman–Crippen LogP) is 7.28. The number of unbranched alkanes of at least 4 members (excludes halogenated alkanes) is 1. The van der Waals surface area contributed by atoms with Gasteiger partial charge in [0.15, 0.2) is 0 Å². The lowest BCUT2D eigenvalue weighted by Crippen LogP contribution is -1.87. The lowest BCUT2D eigenvalue weighted by atomic mass is 10.0. The summed E-state index contributed by atoms with van der Waals surface area (Å²) < 4.78 is 0. The summed E-state index contributed by atoms with van der Waals surface area (Å²) in [4.78, 5) is 0. The minimum atomic E-state index is 0. The van der Waals surface area contributed by atoms with Gasteiger partial charge in [-0.2, -0.15) is 0 Å². The molecule has 0 aliphatic rings. The van der Waals surface area contributed by atoms with Crippen LogP contribution in [-0.4, -0.2) is 0 Å². The average Bonchev–Trinajstić information content (AvgIpc) is 2.42. The molecule has 0 unspecified atom stereocenters. The quantitative estimate of drug-likeness (QED) is 0.338. The van der Waals surface area contributed by atoms with Gasteiger partial charge in [0, 0.05) is 0 Å². The van der Waals surface area contributed by atoms with Gasteiger partial charge in [0.1, 0.15) is 0 Å². The van der Waals surface area contributed by atoms with Crippen LogP contribution in [0.5, 0.6) is 0 Å². The van der Waals surface area contributed by atoms with Crippen LogP contribution in [0.4, 0.5) is 0 Å². The van der Waals surface area contributed by atoms with Gasteiger partial charge in [-0.1, -0.05) is 68.2 Å². The summed E-state index contributed by atoms with van der Waals surface area (Å²) in [6, 6.07) is 0. The number of rotatable bonds is 7. The minimum Gasteiger partial charge on any atom is -0.0917 e. The first-order valence-electron chi connectivity index (χ1n) is 7.35. The Hall–Kier alpha value is -1.30. The molecule has 0 aromatic carbocycles. The summed E-state index contributed by atoms with van der Waals surface area (Å²) in [5, 5.41) is 0. The van der Waals surface area contributed by atoms with E-state index in [-0.39, 0.29) is 7.43 Å². The zero-order chi connectivity index (χ0) is 14.8. The second kappa shape index (κ2) is 22.8. The first-order chi connectivity index (χ1) is 9.26. The van der Waals surface area contributed by atoms with Gasteiger partial charge in [0.05, 0.1) is 0 Å². The normalized spacial score (nSPS) is 13.2. The Labute approximate surface area is 128 Å². The van der Waals surface area contributed by atoms with Crippen molar-refractivity contribution in [2.24, 2.45) is 5.92 Å². The molecule has 0 bridgehead atoms. The van der Waals surface area contributed by atoms with Crippen LogP contribution >= 0.6 is 0 Å². The molecule has 0 fully saturated rings. The standard InChI is InChI=1S/C11H18.C8H14.CH4/c1-4-7-10-11(8-5-2)9-6-3;1-3-5-7-8-6-4-2;/h4-9,11H,10H2,1-3H3;3-6H,7-8H2,1-2H3;1H4. The van der Waals surface area contributed by atoms with E-state index in [1.807, 2.05) is 0 Å². The van der Waals surface area contributed by atoms with Gasteiger partial charge in [-0.3, -0.25) is 0 Å². The summed E-state index contributed by atoms with van der Waals surface area (Å²) in [7, 11) is 0. The Morgan fingerprint density at radius 1 is 0.600 bits per heavy atom. The molecule has 0 radical (unpaired) electrons. The third kappa shape index (κ3) is 21.9. The van der Waals surface area contributed by atoms with E-state index in [9.17, 15) is 0 Å². The fourth-order valence-corrected chi connectivity index (χ4v) is 1.53. The highest BCUT2D eigenvalue weighted by Gasteiger charge is 1.93. The fraction of sp³-hybridized carbons (Fsp3) is 0.500. The highest BCUT2D eigenvalue weighted by molar-refractivity contribution is 5.01. The molecular formula is C20H36. The molecule has 0 aliphatic heterocycles. The Morgan fingerprint density at radius 2 is 1.00 bits per heavy atom. The predicted molar refractivity (Wildman–Crippen MR) is 98.1 cm³/mol. The fourth-order valence-electron chi connectivity index (χ4n) is 1.53. The first-order valence-corrected chi connectivity index (χ1v) is 7.35. The summed E-state index contributed by atoms with van der Waals surface area (Å²) in [6.45, 7) is 10.3. The van der Waals surface area contributed by atoms with Crippen molar-refractivity contribution >= 4 is 0 Å². The maximum absolute atomic E-state index is 2.22. The number of hydrogen-bond donors (Lipinski definition) is 0. The third-order valence-corrected chi connectivity index (χ3v) is 2.49. The van der Waals surface area contributed by atoms with Gasteiger partial charge in [-0.05, 0) is 59.8 Å². The van der Waals surface area contributed by atoms with Gasteiger partial charge in [-0.15, -0.1) is 0 Å². The van der Waals surface area contributed by atoms with Gasteiger partial charge >= 0.3 is 0 Å². The Kier molecular flexibility index (Phi) is 27.1. The molecule has 0 saturated carbocycles. The molecule has 20 heavy (non-hydrogen) atoms. The van der Waals surface area contributed by atoms with Crippen LogP contribution in [0, 0.1) is 5.92 Å². The van der Waals surface area contributed by atoms with Crippen molar-refractivity contribution in [2.45, 2.75) is 61.3 Å². The van der Waals surface area contributed by atoms with E-state index in [4.69, 9.17) is 0 Å². The molecule has 0 nitrogen and oxygen atoms in total. The lowest BCUT2D eigenvalue weighted by molar-refractivity contribution is 0.828. The van der Waals surface area contributed by atoms with Crippen LogP contribution < -0.4 is 0 Å². The smallest absolute Gasteiger partial charge is 0.00192 e. The Balaban J connectivity index is -0.000000288. The summed E-state index contributed by atoms with van der Waals surface area (Å²) in [5.74, 6) is 0.584. The van der Waals surface area contributed by atoms with Crippen molar-refractivity contribution in [3.8, 4) is 0 Å². The van der Waals surface area contributed by atoms with E-state index < -0.39 is 0 Å². The van der Waals surface area contributed by atoms with Gasteiger partial charge < -0.3 is 0 Å². The van der Waals surface area contributed by atoms with Crippen molar-refractivity contribution in [1.82, 2.24) is 0 Å². The molecule has 0 aromatic heterocycles. The van der Waals surface area contributed by atoms with Crippen LogP contribution in [0.25, 0.3) is 0 Å². The lowest BCUT2D eigenvalue weighted by Gasteiger charge is -2.01. The highest BCUT2D eigenvalue weighted by Crippen LogP contribution is 2.07. The van der Waals surface area contributed by atoms with Crippen molar-refractivity contribution in [2.75, 3.05) is 0 Å². The van der Waals surface area contributed by atoms with Crippen LogP contribution in [0.3, 0.4) is 0 Å². The van der Waals surface area contributed by atoms with E-state index in [1.54, 1.807) is 0 Å². The Bertz CT molecular complexity index is 263. The van der Waals surface area contributed by atoms with Crippen LogP contribution in [0.15, 0.2) is 60.8 Å². The number of hydrogen-bond acceptors (Lipinski definition) is 0. The Morgan fingerprint density at radius 3 is 1.30 bits per heavy atom. The van der Waals surface area contributed by atoms with Crippen LogP contribution in [0.2, 0.25) is 0 Å². The molecule has 0 saturated heterocycles. The maximum atomic E-state index is 2.22. The van der Waals surface area contributed by atoms with Crippen LogP contribution in [0.1, 0.15) is 61.3 Å². The molecule has 0 N–H and O–H groups in total. The number of allylic oxidation sites excluding steroid dienone is 10. The molecule has 0 aromatic rings. The molecule has 116 valence electrons. The summed E-state index contributed by atoms with van der Waals surface area (Å²) in [5.41, 5.74) is 0. The SMILES string of the molecule is C.CC=CCC(C=CC)C=CC.CC=CCCC=CC. The average molecular weight is 277 g/mol. The van der Waals surface area contributed by atoms with E-state index in [0.29, 0.717) is 5.92 Å². The maximum Gasteiger partial charge on any atom is -0.00192 e. The second-order valence-electron chi connectivity index (χ2n) is 4.24. The molecule has 0 aliphatic carbocycles. The monoisotopic (exact) mass is 276 g/mol. The zero-order valence-electron chi connectivity index (χ0n) is 13.5. The van der Waals surface area contributed by atoms with Gasteiger partial charge in [0.25, 0.3) is 0 Å². The summed E-state index contributed by atoms with van der Waals surface area (Å²) >= 11 is 0. The van der Waals surface area contributed by atoms with E-state index in [1.165, 1.54) is 12.8 Å². The summed E-state index contributed by atoms with van der Waals surface area (Å²) in [6.07, 6.45) is 25.0. The van der Waals surface area contributed by atoms with E-state index in [0.717, 1.165) is 6.42 Å². The van der Waals surface area contributed by atoms with Crippen molar-refractivity contribution in [3.63, 3.8) is 0 Å². The van der Waals surface area contributed by atoms with E-state index in [2.05, 4.69) is 95.4 Å². The molecule has 0 spiro atoms. The second-order valence-corrected chi connectivity index (χ2v) is 4.24. The van der Waals surface area contributed by atoms with E-state index >= 15 is 0 Å². The topological polar surface area (TPSA) is 0 Å². The molecular weight excluding hydrogens is 240 g/mol.